The average Bonchev–Trinajstić information content (AvgIpc) is 2.45. The number of non-ortho nitro benzene ring substituents is 1. The fraction of sp³-hybridized carbons (Fsp3) is 0.286. The molecule has 0 fully saturated rings. The van der Waals surface area contributed by atoms with Gasteiger partial charge in [-0.1, -0.05) is 0 Å². The molecular weight excluding hydrogens is 276 g/mol. The molecule has 0 aliphatic rings. The number of hydrogen-bond acceptors (Lipinski definition) is 5. The molecule has 0 heterocycles. The number of nitro groups is 1. The average molecular weight is 292 g/mol. The third-order valence-electron chi connectivity index (χ3n) is 2.57. The van der Waals surface area contributed by atoms with E-state index < -0.39 is 10.9 Å². The van der Waals surface area contributed by atoms with E-state index in [-0.39, 0.29) is 24.7 Å². The van der Waals surface area contributed by atoms with E-state index in [1.165, 1.54) is 48.4 Å². The first-order valence-corrected chi connectivity index (χ1v) is 6.27. The summed E-state index contributed by atoms with van der Waals surface area (Å²) in [5.41, 5.74) is 0.636. The highest BCUT2D eigenvalue weighted by molar-refractivity contribution is 5.93. The number of ether oxygens (including phenoxy) is 1. The minimum atomic E-state index is -0.494. The summed E-state index contributed by atoms with van der Waals surface area (Å²) >= 11 is 0. The fourth-order valence-electron chi connectivity index (χ4n) is 1.48. The van der Waals surface area contributed by atoms with Crippen LogP contribution < -0.4 is 0 Å². The first kappa shape index (κ1) is 16.4. The Bertz CT molecular complexity index is 551. The van der Waals surface area contributed by atoms with Gasteiger partial charge in [0.05, 0.1) is 11.5 Å². The Morgan fingerprint density at radius 2 is 1.95 bits per heavy atom. The SMILES string of the molecule is CCOC(=O)CN(C)C(=O)C=Cc1ccc([N+](=O)[O-])cc1. The lowest BCUT2D eigenvalue weighted by atomic mass is 10.2. The molecule has 21 heavy (non-hydrogen) atoms. The molecule has 0 N–H and O–H groups in total. The Hall–Kier alpha value is -2.70. The van der Waals surface area contributed by atoms with Crippen LogP contribution in [0.2, 0.25) is 0 Å². The van der Waals surface area contributed by atoms with E-state index in [2.05, 4.69) is 0 Å². The van der Waals surface area contributed by atoms with Gasteiger partial charge in [-0.2, -0.15) is 0 Å². The van der Waals surface area contributed by atoms with Crippen molar-refractivity contribution >= 4 is 23.6 Å². The molecule has 1 amide bonds. The van der Waals surface area contributed by atoms with Gasteiger partial charge in [-0.3, -0.25) is 19.7 Å². The summed E-state index contributed by atoms with van der Waals surface area (Å²) in [7, 11) is 1.49. The highest BCUT2D eigenvalue weighted by atomic mass is 16.6. The zero-order valence-corrected chi connectivity index (χ0v) is 11.8. The molecule has 7 heteroatoms. The van der Waals surface area contributed by atoms with Crippen LogP contribution in [0.25, 0.3) is 6.08 Å². The van der Waals surface area contributed by atoms with E-state index in [1.54, 1.807) is 6.92 Å². The molecule has 0 aliphatic heterocycles. The highest BCUT2D eigenvalue weighted by Crippen LogP contribution is 2.12. The van der Waals surface area contributed by atoms with Gasteiger partial charge < -0.3 is 9.64 Å². The van der Waals surface area contributed by atoms with Crippen LogP contribution >= 0.6 is 0 Å². The largest absolute Gasteiger partial charge is 0.465 e. The third kappa shape index (κ3) is 5.43. The molecule has 0 unspecified atom stereocenters. The minimum absolute atomic E-state index is 0.0158. The lowest BCUT2D eigenvalue weighted by Gasteiger charge is -2.13. The summed E-state index contributed by atoms with van der Waals surface area (Å²) in [6.07, 6.45) is 2.81. The van der Waals surface area contributed by atoms with Gasteiger partial charge in [-0.25, -0.2) is 0 Å². The topological polar surface area (TPSA) is 89.8 Å². The molecule has 0 saturated carbocycles. The van der Waals surface area contributed by atoms with Crippen molar-refractivity contribution < 1.29 is 19.2 Å². The number of hydrogen-bond donors (Lipinski definition) is 0. The van der Waals surface area contributed by atoms with Crippen molar-refractivity contribution in [2.45, 2.75) is 6.92 Å². The van der Waals surface area contributed by atoms with E-state index in [0.717, 1.165) is 0 Å². The smallest absolute Gasteiger partial charge is 0.325 e. The van der Waals surface area contributed by atoms with Crippen molar-refractivity contribution in [2.75, 3.05) is 20.2 Å². The summed E-state index contributed by atoms with van der Waals surface area (Å²) in [6.45, 7) is 1.82. The van der Waals surface area contributed by atoms with Crippen LogP contribution in [0.15, 0.2) is 30.3 Å². The quantitative estimate of drug-likeness (QED) is 0.344. The Kier molecular flexibility index (Phi) is 6.06. The first-order chi connectivity index (χ1) is 9.93. The number of carbonyl (C=O) groups excluding carboxylic acids is 2. The number of likely N-dealkylation sites (N-methyl/N-ethyl adjacent to an activating group) is 1. The van der Waals surface area contributed by atoms with E-state index in [0.29, 0.717) is 5.56 Å². The molecule has 0 bridgehead atoms. The van der Waals surface area contributed by atoms with Crippen molar-refractivity contribution in [1.29, 1.82) is 0 Å². The number of benzene rings is 1. The van der Waals surface area contributed by atoms with Gasteiger partial charge in [0.2, 0.25) is 5.91 Å². The van der Waals surface area contributed by atoms with Crippen LogP contribution in [0.3, 0.4) is 0 Å². The van der Waals surface area contributed by atoms with Crippen LogP contribution in [-0.4, -0.2) is 41.9 Å². The van der Waals surface area contributed by atoms with Gasteiger partial charge in [-0.15, -0.1) is 0 Å². The van der Waals surface area contributed by atoms with Crippen molar-refractivity contribution in [3.05, 3.63) is 46.0 Å². The minimum Gasteiger partial charge on any atom is -0.465 e. The summed E-state index contributed by atoms with van der Waals surface area (Å²) in [6, 6.07) is 5.78. The Balaban J connectivity index is 2.60. The standard InChI is InChI=1S/C14H16N2O5/c1-3-21-14(18)10-15(2)13(17)9-6-11-4-7-12(8-5-11)16(19)20/h4-9H,3,10H2,1-2H3. The molecule has 0 aliphatic carbocycles. The number of nitrogens with zero attached hydrogens (tertiary/aromatic N) is 2. The molecule has 1 aromatic rings. The maximum atomic E-state index is 11.8. The van der Waals surface area contributed by atoms with Crippen molar-refractivity contribution in [2.24, 2.45) is 0 Å². The number of rotatable bonds is 6. The van der Waals surface area contributed by atoms with Gasteiger partial charge in [0, 0.05) is 25.3 Å². The van der Waals surface area contributed by atoms with Gasteiger partial charge in [0.1, 0.15) is 6.54 Å². The fourth-order valence-corrected chi connectivity index (χ4v) is 1.48. The highest BCUT2D eigenvalue weighted by Gasteiger charge is 2.10. The second kappa shape index (κ2) is 7.78. The zero-order valence-electron chi connectivity index (χ0n) is 11.8. The van der Waals surface area contributed by atoms with Crippen LogP contribution in [0, 0.1) is 10.1 Å². The van der Waals surface area contributed by atoms with Crippen LogP contribution in [0.5, 0.6) is 0 Å². The van der Waals surface area contributed by atoms with Gasteiger partial charge >= 0.3 is 5.97 Å². The van der Waals surface area contributed by atoms with Crippen molar-refractivity contribution in [3.8, 4) is 0 Å². The summed E-state index contributed by atoms with van der Waals surface area (Å²) in [4.78, 5) is 34.2. The maximum Gasteiger partial charge on any atom is 0.325 e. The van der Waals surface area contributed by atoms with E-state index in [4.69, 9.17) is 4.74 Å². The number of nitro benzene ring substituents is 1. The first-order valence-electron chi connectivity index (χ1n) is 6.27. The Morgan fingerprint density at radius 1 is 1.33 bits per heavy atom. The summed E-state index contributed by atoms with van der Waals surface area (Å²) in [5.74, 6) is -0.835. The number of esters is 1. The van der Waals surface area contributed by atoms with E-state index >= 15 is 0 Å². The van der Waals surface area contributed by atoms with Crippen LogP contribution in [0.4, 0.5) is 5.69 Å². The Morgan fingerprint density at radius 3 is 2.48 bits per heavy atom. The molecule has 0 radical (unpaired) electrons. The summed E-state index contributed by atoms with van der Waals surface area (Å²) < 4.78 is 4.74. The molecule has 0 saturated heterocycles. The van der Waals surface area contributed by atoms with Crippen LogP contribution in [-0.2, 0) is 14.3 Å². The number of carbonyl (C=O) groups is 2. The maximum absolute atomic E-state index is 11.8. The molecule has 1 rings (SSSR count). The third-order valence-corrected chi connectivity index (χ3v) is 2.57. The summed E-state index contributed by atoms with van der Waals surface area (Å²) in [5, 5.41) is 10.5. The molecule has 7 nitrogen and oxygen atoms in total. The molecule has 0 spiro atoms. The predicted molar refractivity (Wildman–Crippen MR) is 76.4 cm³/mol. The molecule has 0 atom stereocenters. The van der Waals surface area contributed by atoms with Crippen molar-refractivity contribution in [1.82, 2.24) is 4.90 Å². The second-order valence-corrected chi connectivity index (χ2v) is 4.18. The van der Waals surface area contributed by atoms with Gasteiger partial charge in [0.15, 0.2) is 0 Å². The molecule has 0 aromatic heterocycles. The number of amides is 1. The van der Waals surface area contributed by atoms with Gasteiger partial charge in [-0.05, 0) is 30.7 Å². The Labute approximate surface area is 122 Å². The van der Waals surface area contributed by atoms with E-state index in [1.807, 2.05) is 0 Å². The molecular formula is C14H16N2O5. The normalized spacial score (nSPS) is 10.4. The second-order valence-electron chi connectivity index (χ2n) is 4.18. The lowest BCUT2D eigenvalue weighted by molar-refractivity contribution is -0.384. The van der Waals surface area contributed by atoms with Crippen LogP contribution in [0.1, 0.15) is 12.5 Å². The molecule has 1 aromatic carbocycles. The molecule has 112 valence electrons. The zero-order chi connectivity index (χ0) is 15.8. The lowest BCUT2D eigenvalue weighted by Crippen LogP contribution is -2.31. The predicted octanol–water partition coefficient (Wildman–Crippen LogP) is 1.63. The monoisotopic (exact) mass is 292 g/mol. The van der Waals surface area contributed by atoms with Crippen molar-refractivity contribution in [3.63, 3.8) is 0 Å². The van der Waals surface area contributed by atoms with E-state index in [9.17, 15) is 19.7 Å². The van der Waals surface area contributed by atoms with Gasteiger partial charge in [0.25, 0.3) is 5.69 Å².